The summed E-state index contributed by atoms with van der Waals surface area (Å²) in [4.78, 5) is 70.5. The van der Waals surface area contributed by atoms with Crippen LogP contribution < -0.4 is 20.1 Å². The van der Waals surface area contributed by atoms with Crippen LogP contribution in [0.3, 0.4) is 0 Å². The minimum absolute atomic E-state index is 0.00835. The van der Waals surface area contributed by atoms with Crippen molar-refractivity contribution in [1.29, 1.82) is 0 Å². The molecule has 268 valence electrons. The van der Waals surface area contributed by atoms with Gasteiger partial charge in [0, 0.05) is 5.56 Å². The zero-order chi connectivity index (χ0) is 37.5. The standard InChI is InChI=1S/2C19H16FNO4S/c1-19(17(23)21-18(24)26-19)10-12-2-8-15(9-3-12)25-11-16(22)13-4-6-14(20)7-5-13;1-19(17(23)21-18(24)26-19)10-12-6-8-13(9-7-12)25-11-16(22)14-4-2-3-5-15(14)20/h2*2-9H,10-11H2,1H3,(H,21,23,24). The fraction of sp³-hybridized carbons (Fsp3) is 0.211. The molecule has 0 saturated carbocycles. The molecule has 2 atom stereocenters. The van der Waals surface area contributed by atoms with Crippen molar-refractivity contribution in [3.8, 4) is 11.5 Å². The van der Waals surface area contributed by atoms with Crippen LogP contribution in [0.15, 0.2) is 97.1 Å². The van der Waals surface area contributed by atoms with E-state index in [9.17, 15) is 37.5 Å². The van der Waals surface area contributed by atoms with Gasteiger partial charge in [-0.1, -0.05) is 36.4 Å². The molecule has 2 aliphatic heterocycles. The number of hydrogen-bond donors (Lipinski definition) is 2. The van der Waals surface area contributed by atoms with E-state index in [4.69, 9.17) is 9.47 Å². The van der Waals surface area contributed by atoms with Crippen molar-refractivity contribution in [1.82, 2.24) is 10.6 Å². The maximum absolute atomic E-state index is 13.6. The second-order valence-electron chi connectivity index (χ2n) is 12.2. The van der Waals surface area contributed by atoms with Crippen molar-refractivity contribution in [3.05, 3.63) is 131 Å². The second kappa shape index (κ2) is 16.3. The Bertz CT molecular complexity index is 2010. The number of benzene rings is 4. The highest BCUT2D eigenvalue weighted by atomic mass is 32.2. The molecule has 14 heteroatoms. The number of ketones is 2. The molecule has 0 aromatic heterocycles. The van der Waals surface area contributed by atoms with Gasteiger partial charge < -0.3 is 9.47 Å². The lowest BCUT2D eigenvalue weighted by Gasteiger charge is -2.18. The fourth-order valence-electron chi connectivity index (χ4n) is 5.20. The molecule has 2 saturated heterocycles. The zero-order valence-corrected chi connectivity index (χ0v) is 29.5. The largest absolute Gasteiger partial charge is 0.485 e. The van der Waals surface area contributed by atoms with Gasteiger partial charge in [-0.25, -0.2) is 8.78 Å². The first-order valence-corrected chi connectivity index (χ1v) is 17.5. The van der Waals surface area contributed by atoms with Crippen LogP contribution in [0.1, 0.15) is 45.7 Å². The molecular weight excluding hydrogens is 715 g/mol. The lowest BCUT2D eigenvalue weighted by Crippen LogP contribution is -2.35. The molecule has 4 amide bonds. The van der Waals surface area contributed by atoms with E-state index in [1.54, 1.807) is 68.4 Å². The SMILES string of the molecule is CC1(Cc2ccc(OCC(=O)c3ccc(F)cc3)cc2)SC(=O)NC1=O.CC1(Cc2ccc(OCC(=O)c3ccccc3F)cc2)SC(=O)NC1=O. The van der Waals surface area contributed by atoms with Crippen LogP contribution >= 0.6 is 23.5 Å². The molecular formula is C38H32F2N2O8S2. The van der Waals surface area contributed by atoms with E-state index in [1.807, 2.05) is 0 Å². The number of Topliss-reactive ketones (excluding diaryl/α,β-unsaturated/α-hetero) is 2. The molecule has 0 bridgehead atoms. The minimum atomic E-state index is -0.833. The van der Waals surface area contributed by atoms with Crippen LogP contribution in [0.5, 0.6) is 11.5 Å². The number of amides is 4. The number of carbonyl (C=O) groups excluding carboxylic acids is 6. The summed E-state index contributed by atoms with van der Waals surface area (Å²) in [6.45, 7) is 3.01. The monoisotopic (exact) mass is 746 g/mol. The van der Waals surface area contributed by atoms with E-state index in [1.165, 1.54) is 42.5 Å². The number of carbonyl (C=O) groups is 6. The average molecular weight is 747 g/mol. The van der Waals surface area contributed by atoms with Gasteiger partial charge in [0.15, 0.2) is 19.0 Å². The normalized spacial score (nSPS) is 19.3. The maximum atomic E-state index is 13.6. The summed E-state index contributed by atoms with van der Waals surface area (Å²) in [6, 6.07) is 24.9. The number of imide groups is 2. The Morgan fingerprint density at radius 3 is 1.48 bits per heavy atom. The first-order valence-electron chi connectivity index (χ1n) is 15.8. The molecule has 10 nitrogen and oxygen atoms in total. The number of thioether (sulfide) groups is 2. The van der Waals surface area contributed by atoms with Crippen molar-refractivity contribution in [2.24, 2.45) is 0 Å². The summed E-state index contributed by atoms with van der Waals surface area (Å²) in [6.07, 6.45) is 0.799. The number of rotatable bonds is 12. The first kappa shape index (κ1) is 37.9. The third-order valence-electron chi connectivity index (χ3n) is 8.04. The van der Waals surface area contributed by atoms with E-state index in [2.05, 4.69) is 10.6 Å². The Morgan fingerprint density at radius 2 is 1.06 bits per heavy atom. The molecule has 2 N–H and O–H groups in total. The molecule has 2 unspecified atom stereocenters. The summed E-state index contributed by atoms with van der Waals surface area (Å²) in [5, 5.41) is 3.89. The van der Waals surface area contributed by atoms with Gasteiger partial charge in [-0.2, -0.15) is 0 Å². The highest BCUT2D eigenvalue weighted by molar-refractivity contribution is 8.16. The van der Waals surface area contributed by atoms with Crippen LogP contribution in [0.2, 0.25) is 0 Å². The molecule has 0 aliphatic carbocycles. The van der Waals surface area contributed by atoms with Gasteiger partial charge in [-0.3, -0.25) is 39.4 Å². The Morgan fingerprint density at radius 1 is 0.615 bits per heavy atom. The quantitative estimate of drug-likeness (QED) is 0.150. The van der Waals surface area contributed by atoms with Gasteiger partial charge in [0.2, 0.25) is 17.6 Å². The molecule has 2 fully saturated rings. The Kier molecular flexibility index (Phi) is 11.9. The predicted octanol–water partition coefficient (Wildman–Crippen LogP) is 6.74. The van der Waals surface area contributed by atoms with Crippen molar-refractivity contribution >= 4 is 57.4 Å². The number of hydrogen-bond acceptors (Lipinski definition) is 10. The van der Waals surface area contributed by atoms with E-state index < -0.39 is 26.9 Å². The smallest absolute Gasteiger partial charge is 0.286 e. The molecule has 52 heavy (non-hydrogen) atoms. The van der Waals surface area contributed by atoms with Crippen LogP contribution in [0, 0.1) is 11.6 Å². The van der Waals surface area contributed by atoms with Gasteiger partial charge in [0.25, 0.3) is 10.5 Å². The number of halogens is 2. The average Bonchev–Trinajstić information content (AvgIpc) is 3.52. The molecule has 6 rings (SSSR count). The maximum Gasteiger partial charge on any atom is 0.286 e. The van der Waals surface area contributed by atoms with Crippen LogP contribution in [-0.4, -0.2) is 56.6 Å². The third kappa shape index (κ3) is 9.70. The molecule has 0 spiro atoms. The van der Waals surface area contributed by atoms with Crippen molar-refractivity contribution < 1.29 is 47.0 Å². The highest BCUT2D eigenvalue weighted by Crippen LogP contribution is 2.36. The number of ether oxygens (including phenoxy) is 2. The van der Waals surface area contributed by atoms with Crippen LogP contribution in [0.4, 0.5) is 18.4 Å². The molecule has 2 aliphatic rings. The van der Waals surface area contributed by atoms with Crippen molar-refractivity contribution in [3.63, 3.8) is 0 Å². The van der Waals surface area contributed by atoms with E-state index in [-0.39, 0.29) is 46.9 Å². The summed E-state index contributed by atoms with van der Waals surface area (Å²) in [5.74, 6) is -1.30. The topological polar surface area (TPSA) is 145 Å². The lowest BCUT2D eigenvalue weighted by atomic mass is 9.99. The van der Waals surface area contributed by atoms with Gasteiger partial charge >= 0.3 is 0 Å². The second-order valence-corrected chi connectivity index (χ2v) is 15.2. The van der Waals surface area contributed by atoms with Crippen LogP contribution in [-0.2, 0) is 22.4 Å². The van der Waals surface area contributed by atoms with E-state index in [0.717, 1.165) is 34.7 Å². The first-order chi connectivity index (χ1) is 24.7. The Balaban J connectivity index is 0.000000201. The van der Waals surface area contributed by atoms with Crippen molar-refractivity contribution in [2.45, 2.75) is 36.2 Å². The van der Waals surface area contributed by atoms with Crippen molar-refractivity contribution in [2.75, 3.05) is 13.2 Å². The molecule has 4 aromatic carbocycles. The van der Waals surface area contributed by atoms with E-state index in [0.29, 0.717) is 29.9 Å². The number of nitrogens with one attached hydrogen (secondary N) is 2. The zero-order valence-electron chi connectivity index (χ0n) is 27.9. The van der Waals surface area contributed by atoms with Gasteiger partial charge in [-0.15, -0.1) is 0 Å². The van der Waals surface area contributed by atoms with Gasteiger partial charge in [0.05, 0.1) is 5.56 Å². The summed E-state index contributed by atoms with van der Waals surface area (Å²) >= 11 is 1.96. The molecule has 0 radical (unpaired) electrons. The molecule has 2 heterocycles. The summed E-state index contributed by atoms with van der Waals surface area (Å²) < 4.78 is 35.7. The summed E-state index contributed by atoms with van der Waals surface area (Å²) in [7, 11) is 0. The Labute approximate surface area is 306 Å². The highest BCUT2D eigenvalue weighted by Gasteiger charge is 2.44. The minimum Gasteiger partial charge on any atom is -0.485 e. The van der Waals surface area contributed by atoms with Gasteiger partial charge in [0.1, 0.15) is 32.6 Å². The van der Waals surface area contributed by atoms with Gasteiger partial charge in [-0.05, 0) is 122 Å². The summed E-state index contributed by atoms with van der Waals surface area (Å²) in [5.41, 5.74) is 2.11. The molecule has 4 aromatic rings. The Hall–Kier alpha value is -5.34. The third-order valence-corrected chi connectivity index (χ3v) is 10.2. The predicted molar refractivity (Wildman–Crippen MR) is 192 cm³/mol. The van der Waals surface area contributed by atoms with Crippen LogP contribution in [0.25, 0.3) is 0 Å². The fourth-order valence-corrected chi connectivity index (χ4v) is 7.07. The van der Waals surface area contributed by atoms with E-state index >= 15 is 0 Å². The lowest BCUT2D eigenvalue weighted by molar-refractivity contribution is -0.122.